The zero-order chi connectivity index (χ0) is 12.7. The summed E-state index contributed by atoms with van der Waals surface area (Å²) in [6, 6.07) is 4.01. The van der Waals surface area contributed by atoms with E-state index in [-0.39, 0.29) is 24.5 Å². The van der Waals surface area contributed by atoms with Gasteiger partial charge < -0.3 is 14.6 Å². The molecule has 3 aliphatic rings. The Morgan fingerprint density at radius 2 is 2.33 bits per heavy atom. The van der Waals surface area contributed by atoms with E-state index < -0.39 is 0 Å². The van der Waals surface area contributed by atoms with Gasteiger partial charge in [0.15, 0.2) is 0 Å². The average molecular weight is 248 g/mol. The van der Waals surface area contributed by atoms with E-state index in [1.54, 1.807) is 0 Å². The van der Waals surface area contributed by atoms with Crippen molar-refractivity contribution >= 4 is 5.91 Å². The average Bonchev–Trinajstić information content (AvgIpc) is 2.84. The molecule has 3 atom stereocenters. The lowest BCUT2D eigenvalue weighted by atomic mass is 9.73. The molecule has 2 saturated heterocycles. The zero-order valence-electron chi connectivity index (χ0n) is 10.7. The highest BCUT2D eigenvalue weighted by molar-refractivity contribution is 5.93. The molecular weight excluding hydrogens is 228 g/mol. The van der Waals surface area contributed by atoms with Crippen molar-refractivity contribution in [2.45, 2.75) is 25.3 Å². The number of rotatable bonds is 2. The maximum absolute atomic E-state index is 12.6. The number of carbonyl (C=O) groups is 1. The highest BCUT2D eigenvalue weighted by Gasteiger charge is 2.42. The normalized spacial score (nSPS) is 30.8. The number of hydrogen-bond acceptors (Lipinski definition) is 2. The first-order valence-corrected chi connectivity index (χ1v) is 6.74. The van der Waals surface area contributed by atoms with Crippen LogP contribution in [0, 0.1) is 11.8 Å². The maximum atomic E-state index is 12.6. The molecule has 3 fully saturated rings. The van der Waals surface area contributed by atoms with Gasteiger partial charge in [0, 0.05) is 38.4 Å². The van der Waals surface area contributed by atoms with Crippen molar-refractivity contribution in [1.29, 1.82) is 0 Å². The molecule has 1 aromatic heterocycles. The van der Waals surface area contributed by atoms with Gasteiger partial charge in [-0.3, -0.25) is 4.79 Å². The molecule has 4 nitrogen and oxygen atoms in total. The summed E-state index contributed by atoms with van der Waals surface area (Å²) >= 11 is 0. The Bertz CT molecular complexity index is 454. The Balaban J connectivity index is 1.84. The van der Waals surface area contributed by atoms with Gasteiger partial charge in [0.05, 0.1) is 0 Å². The molecule has 98 valence electrons. The van der Waals surface area contributed by atoms with Gasteiger partial charge in [-0.1, -0.05) is 0 Å². The van der Waals surface area contributed by atoms with Crippen LogP contribution in [0.15, 0.2) is 18.3 Å². The fourth-order valence-corrected chi connectivity index (χ4v) is 3.60. The van der Waals surface area contributed by atoms with E-state index in [4.69, 9.17) is 0 Å². The molecule has 0 aromatic carbocycles. The quantitative estimate of drug-likeness (QED) is 0.856. The second kappa shape index (κ2) is 4.43. The van der Waals surface area contributed by atoms with Crippen LogP contribution in [0.25, 0.3) is 0 Å². The van der Waals surface area contributed by atoms with E-state index in [1.807, 2.05) is 34.8 Å². The number of aryl methyl sites for hydroxylation is 1. The van der Waals surface area contributed by atoms with Crippen molar-refractivity contribution in [3.05, 3.63) is 24.0 Å². The van der Waals surface area contributed by atoms with E-state index in [2.05, 4.69) is 0 Å². The summed E-state index contributed by atoms with van der Waals surface area (Å²) in [6.45, 7) is 1.07. The Kier molecular flexibility index (Phi) is 2.90. The fourth-order valence-electron chi connectivity index (χ4n) is 3.60. The van der Waals surface area contributed by atoms with E-state index in [0.717, 1.165) is 25.1 Å². The van der Waals surface area contributed by atoms with Gasteiger partial charge in [-0.25, -0.2) is 0 Å². The van der Waals surface area contributed by atoms with Crippen molar-refractivity contribution in [2.24, 2.45) is 18.9 Å². The van der Waals surface area contributed by atoms with Gasteiger partial charge in [-0.2, -0.15) is 0 Å². The van der Waals surface area contributed by atoms with Crippen molar-refractivity contribution in [1.82, 2.24) is 9.47 Å². The summed E-state index contributed by atoms with van der Waals surface area (Å²) in [4.78, 5) is 14.6. The molecule has 0 radical (unpaired) electrons. The van der Waals surface area contributed by atoms with Crippen LogP contribution in [-0.2, 0) is 7.05 Å². The molecule has 1 aliphatic carbocycles. The second-order valence-electron chi connectivity index (χ2n) is 5.65. The molecule has 4 heteroatoms. The van der Waals surface area contributed by atoms with Gasteiger partial charge >= 0.3 is 0 Å². The summed E-state index contributed by atoms with van der Waals surface area (Å²) in [5.74, 6) is 0.980. The smallest absolute Gasteiger partial charge is 0.270 e. The molecular formula is C14H20N2O2. The predicted molar refractivity (Wildman–Crippen MR) is 68.2 cm³/mol. The van der Waals surface area contributed by atoms with Crippen LogP contribution >= 0.6 is 0 Å². The number of fused-ring (bicyclic) bond motifs is 3. The molecule has 1 saturated carbocycles. The molecule has 18 heavy (non-hydrogen) atoms. The summed E-state index contributed by atoms with van der Waals surface area (Å²) in [5, 5.41) is 9.45. The molecule has 0 spiro atoms. The SMILES string of the molecule is Cn1cccc1C(=O)N1CC2CCC1C(CO)C2. The lowest BCUT2D eigenvalue weighted by Crippen LogP contribution is -2.56. The predicted octanol–water partition coefficient (Wildman–Crippen LogP) is 1.26. The standard InChI is InChI=1S/C14H20N2O2/c1-15-6-2-3-13(15)14(18)16-8-10-4-5-12(16)11(7-10)9-17/h2-3,6,10-12,17H,4-5,7-9H2,1H3. The maximum Gasteiger partial charge on any atom is 0.270 e. The minimum absolute atomic E-state index is 0.121. The van der Waals surface area contributed by atoms with Gasteiger partial charge in [-0.15, -0.1) is 0 Å². The van der Waals surface area contributed by atoms with Crippen LogP contribution in [0.1, 0.15) is 29.8 Å². The van der Waals surface area contributed by atoms with Crippen LogP contribution in [0.3, 0.4) is 0 Å². The number of aliphatic hydroxyl groups is 1. The van der Waals surface area contributed by atoms with E-state index in [1.165, 1.54) is 6.42 Å². The molecule has 2 aliphatic heterocycles. The van der Waals surface area contributed by atoms with Gasteiger partial charge in [-0.05, 0) is 37.3 Å². The molecule has 1 aromatic rings. The highest BCUT2D eigenvalue weighted by atomic mass is 16.3. The Labute approximate surface area is 107 Å². The molecule has 3 unspecified atom stereocenters. The van der Waals surface area contributed by atoms with Crippen LogP contribution in [0.2, 0.25) is 0 Å². The Morgan fingerprint density at radius 1 is 1.50 bits per heavy atom. The lowest BCUT2D eigenvalue weighted by Gasteiger charge is -2.49. The summed E-state index contributed by atoms with van der Waals surface area (Å²) < 4.78 is 1.87. The highest BCUT2D eigenvalue weighted by Crippen LogP contribution is 2.39. The van der Waals surface area contributed by atoms with Crippen molar-refractivity contribution in [2.75, 3.05) is 13.2 Å². The van der Waals surface area contributed by atoms with E-state index in [0.29, 0.717) is 5.92 Å². The number of carbonyl (C=O) groups excluding carboxylic acids is 1. The van der Waals surface area contributed by atoms with Crippen LogP contribution in [-0.4, -0.2) is 39.7 Å². The summed E-state index contributed by atoms with van der Waals surface area (Å²) in [7, 11) is 1.90. The first-order chi connectivity index (χ1) is 8.70. The Hall–Kier alpha value is -1.29. The van der Waals surface area contributed by atoms with Crippen molar-refractivity contribution in [3.8, 4) is 0 Å². The summed E-state index contributed by atoms with van der Waals surface area (Å²) in [6.07, 6.45) is 5.24. The van der Waals surface area contributed by atoms with Gasteiger partial charge in [0.1, 0.15) is 5.69 Å². The first-order valence-electron chi connectivity index (χ1n) is 6.74. The monoisotopic (exact) mass is 248 g/mol. The molecule has 1 amide bonds. The van der Waals surface area contributed by atoms with Crippen LogP contribution in [0.4, 0.5) is 0 Å². The third kappa shape index (κ3) is 1.75. The third-order valence-electron chi connectivity index (χ3n) is 4.56. The fraction of sp³-hybridized carbons (Fsp3) is 0.643. The van der Waals surface area contributed by atoms with E-state index >= 15 is 0 Å². The largest absolute Gasteiger partial charge is 0.396 e. The Morgan fingerprint density at radius 3 is 2.94 bits per heavy atom. The number of piperidine rings is 2. The van der Waals surface area contributed by atoms with Crippen molar-refractivity contribution < 1.29 is 9.90 Å². The lowest BCUT2D eigenvalue weighted by molar-refractivity contribution is -0.0112. The molecule has 3 heterocycles. The van der Waals surface area contributed by atoms with Crippen molar-refractivity contribution in [3.63, 3.8) is 0 Å². The van der Waals surface area contributed by atoms with Crippen LogP contribution in [0.5, 0.6) is 0 Å². The topological polar surface area (TPSA) is 45.5 Å². The van der Waals surface area contributed by atoms with Gasteiger partial charge in [0.25, 0.3) is 5.91 Å². The molecule has 2 bridgehead atoms. The number of amides is 1. The molecule has 4 rings (SSSR count). The van der Waals surface area contributed by atoms with Gasteiger partial charge in [0.2, 0.25) is 0 Å². The summed E-state index contributed by atoms with van der Waals surface area (Å²) in [5.41, 5.74) is 0.749. The minimum atomic E-state index is 0.121. The number of nitrogens with zero attached hydrogens (tertiary/aromatic N) is 2. The van der Waals surface area contributed by atoms with E-state index in [9.17, 15) is 9.90 Å². The zero-order valence-corrected chi connectivity index (χ0v) is 10.7. The number of aromatic nitrogens is 1. The number of hydrogen-bond donors (Lipinski definition) is 1. The first kappa shape index (κ1) is 11.8. The number of aliphatic hydroxyl groups excluding tert-OH is 1. The minimum Gasteiger partial charge on any atom is -0.396 e. The third-order valence-corrected chi connectivity index (χ3v) is 4.56. The van der Waals surface area contributed by atoms with Crippen LogP contribution < -0.4 is 0 Å². The second-order valence-corrected chi connectivity index (χ2v) is 5.65. The molecule has 1 N–H and O–H groups in total.